The van der Waals surface area contributed by atoms with Crippen LogP contribution in [0.25, 0.3) is 5.69 Å². The second kappa shape index (κ2) is 9.04. The van der Waals surface area contributed by atoms with Crippen LogP contribution in [0.3, 0.4) is 0 Å². The van der Waals surface area contributed by atoms with Crippen molar-refractivity contribution in [2.24, 2.45) is 0 Å². The Morgan fingerprint density at radius 2 is 1.85 bits per heavy atom. The Bertz CT molecular complexity index is 1300. The number of urea groups is 1. The van der Waals surface area contributed by atoms with Gasteiger partial charge in [-0.05, 0) is 60.5 Å². The van der Waals surface area contributed by atoms with Crippen LogP contribution in [0.1, 0.15) is 29.8 Å². The van der Waals surface area contributed by atoms with Gasteiger partial charge < -0.3 is 19.5 Å². The number of fused-ring (bicyclic) bond motifs is 3. The van der Waals surface area contributed by atoms with Crippen molar-refractivity contribution >= 4 is 23.3 Å². The number of halogens is 1. The zero-order valence-electron chi connectivity index (χ0n) is 18.2. The summed E-state index contributed by atoms with van der Waals surface area (Å²) in [6, 6.07) is 26.9. The summed E-state index contributed by atoms with van der Waals surface area (Å²) in [6.45, 7) is 2.88. The van der Waals surface area contributed by atoms with Crippen molar-refractivity contribution in [3.63, 3.8) is 0 Å². The first kappa shape index (κ1) is 21.2. The van der Waals surface area contributed by atoms with Gasteiger partial charge in [0.1, 0.15) is 5.75 Å². The SMILES string of the molecule is CCOc1ccccc1NC(=O)N1Cc2ccccc2-n2cccc2[C@@H]1c1cccc(Cl)c1. The van der Waals surface area contributed by atoms with Gasteiger partial charge in [0.15, 0.2) is 0 Å². The number of hydrogen-bond acceptors (Lipinski definition) is 2. The summed E-state index contributed by atoms with van der Waals surface area (Å²) in [6.07, 6.45) is 2.04. The number of para-hydroxylation sites is 3. The van der Waals surface area contributed by atoms with Gasteiger partial charge in [0.25, 0.3) is 0 Å². The fourth-order valence-corrected chi connectivity index (χ4v) is 4.60. The quantitative estimate of drug-likeness (QED) is 0.372. The number of hydrogen-bond donors (Lipinski definition) is 1. The lowest BCUT2D eigenvalue weighted by atomic mass is 10.0. The van der Waals surface area contributed by atoms with Crippen molar-refractivity contribution in [2.75, 3.05) is 11.9 Å². The fourth-order valence-electron chi connectivity index (χ4n) is 4.41. The highest BCUT2D eigenvalue weighted by molar-refractivity contribution is 6.30. The highest BCUT2D eigenvalue weighted by Crippen LogP contribution is 2.38. The van der Waals surface area contributed by atoms with Crippen LogP contribution in [0.15, 0.2) is 91.1 Å². The monoisotopic (exact) mass is 457 g/mol. The molecule has 0 spiro atoms. The maximum absolute atomic E-state index is 13.8. The van der Waals surface area contributed by atoms with E-state index < -0.39 is 0 Å². The first-order chi connectivity index (χ1) is 16.2. The molecule has 0 unspecified atom stereocenters. The Labute approximate surface area is 198 Å². The number of carbonyl (C=O) groups is 1. The van der Waals surface area contributed by atoms with Gasteiger partial charge in [0.05, 0.1) is 30.6 Å². The average Bonchev–Trinajstić information content (AvgIpc) is 3.24. The number of nitrogens with zero attached hydrogens (tertiary/aromatic N) is 2. The molecule has 166 valence electrons. The van der Waals surface area contributed by atoms with Gasteiger partial charge in [-0.3, -0.25) is 0 Å². The molecule has 0 radical (unpaired) electrons. The minimum Gasteiger partial charge on any atom is -0.492 e. The summed E-state index contributed by atoms with van der Waals surface area (Å²) in [5, 5.41) is 3.71. The van der Waals surface area contributed by atoms with Crippen LogP contribution in [0.4, 0.5) is 10.5 Å². The van der Waals surface area contributed by atoms with Crippen molar-refractivity contribution < 1.29 is 9.53 Å². The van der Waals surface area contributed by atoms with Crippen LogP contribution in [0, 0.1) is 0 Å². The molecule has 2 heterocycles. The number of nitrogens with one attached hydrogen (secondary N) is 1. The Morgan fingerprint density at radius 1 is 1.03 bits per heavy atom. The van der Waals surface area contributed by atoms with Gasteiger partial charge in [0.2, 0.25) is 0 Å². The molecule has 0 saturated heterocycles. The summed E-state index contributed by atoms with van der Waals surface area (Å²) in [7, 11) is 0. The van der Waals surface area contributed by atoms with Crippen molar-refractivity contribution in [1.29, 1.82) is 0 Å². The van der Waals surface area contributed by atoms with E-state index in [1.807, 2.05) is 84.8 Å². The van der Waals surface area contributed by atoms with Gasteiger partial charge in [-0.15, -0.1) is 0 Å². The largest absolute Gasteiger partial charge is 0.492 e. The van der Waals surface area contributed by atoms with Gasteiger partial charge in [-0.2, -0.15) is 0 Å². The van der Waals surface area contributed by atoms with Gasteiger partial charge in [0, 0.05) is 16.9 Å². The topological polar surface area (TPSA) is 46.5 Å². The molecule has 1 aliphatic heterocycles. The van der Waals surface area contributed by atoms with Crippen molar-refractivity contribution in [2.45, 2.75) is 19.5 Å². The van der Waals surface area contributed by atoms with Crippen LogP contribution in [0.5, 0.6) is 5.75 Å². The molecule has 3 aromatic carbocycles. The standard InChI is InChI=1S/C27H24ClN3O2/c1-2-33-25-15-6-4-12-22(25)29-27(32)31-18-20-9-3-5-13-23(20)30-16-8-14-24(30)26(31)19-10-7-11-21(28)17-19/h3-17,26H,2,18H2,1H3,(H,29,32)/t26-/m0/s1. The second-order valence-corrected chi connectivity index (χ2v) is 8.31. The number of benzene rings is 3. The van der Waals surface area contributed by atoms with E-state index in [-0.39, 0.29) is 12.1 Å². The zero-order valence-corrected chi connectivity index (χ0v) is 19.0. The number of carbonyl (C=O) groups excluding carboxylic acids is 1. The first-order valence-corrected chi connectivity index (χ1v) is 11.3. The molecule has 4 aromatic rings. The van der Waals surface area contributed by atoms with E-state index in [9.17, 15) is 4.79 Å². The number of ether oxygens (including phenoxy) is 1. The molecule has 1 atom stereocenters. The fraction of sp³-hybridized carbons (Fsp3) is 0.148. The van der Waals surface area contributed by atoms with Gasteiger partial charge in [-0.25, -0.2) is 4.79 Å². The normalized spacial score (nSPS) is 14.7. The molecular formula is C27H24ClN3O2. The Hall–Kier alpha value is -3.70. The van der Waals surface area contributed by atoms with Crippen LogP contribution in [0.2, 0.25) is 5.02 Å². The Kier molecular flexibility index (Phi) is 5.80. The molecule has 0 bridgehead atoms. The average molecular weight is 458 g/mol. The minimum absolute atomic E-state index is 0.211. The molecule has 33 heavy (non-hydrogen) atoms. The predicted molar refractivity (Wildman–Crippen MR) is 131 cm³/mol. The van der Waals surface area contributed by atoms with Crippen molar-refractivity contribution in [3.8, 4) is 11.4 Å². The lowest BCUT2D eigenvalue weighted by molar-refractivity contribution is 0.194. The van der Waals surface area contributed by atoms with E-state index in [2.05, 4.69) is 28.1 Å². The smallest absolute Gasteiger partial charge is 0.323 e. The Balaban J connectivity index is 1.62. The molecule has 6 heteroatoms. The predicted octanol–water partition coefficient (Wildman–Crippen LogP) is 6.67. The summed E-state index contributed by atoms with van der Waals surface area (Å²) in [5.41, 5.74) is 4.71. The third-order valence-electron chi connectivity index (χ3n) is 5.82. The highest BCUT2D eigenvalue weighted by Gasteiger charge is 2.33. The third kappa shape index (κ3) is 4.08. The lowest BCUT2D eigenvalue weighted by Gasteiger charge is -2.31. The molecule has 1 aromatic heterocycles. The summed E-state index contributed by atoms with van der Waals surface area (Å²) in [4.78, 5) is 15.7. The molecule has 0 fully saturated rings. The van der Waals surface area contributed by atoms with E-state index in [1.165, 1.54) is 0 Å². The molecule has 0 saturated carbocycles. The van der Waals surface area contributed by atoms with Crippen LogP contribution < -0.4 is 10.1 Å². The second-order valence-electron chi connectivity index (χ2n) is 7.88. The Morgan fingerprint density at radius 3 is 2.70 bits per heavy atom. The molecule has 2 amide bonds. The summed E-state index contributed by atoms with van der Waals surface area (Å²) in [5.74, 6) is 0.645. The van der Waals surface area contributed by atoms with Gasteiger partial charge in [-0.1, -0.05) is 54.1 Å². The molecule has 0 aliphatic carbocycles. The number of aromatic nitrogens is 1. The van der Waals surface area contributed by atoms with Gasteiger partial charge >= 0.3 is 6.03 Å². The lowest BCUT2D eigenvalue weighted by Crippen LogP contribution is -2.38. The first-order valence-electron chi connectivity index (χ1n) is 11.0. The third-order valence-corrected chi connectivity index (χ3v) is 6.05. The van der Waals surface area contributed by atoms with Crippen LogP contribution in [-0.2, 0) is 6.54 Å². The van der Waals surface area contributed by atoms with E-state index >= 15 is 0 Å². The molecule has 1 aliphatic rings. The summed E-state index contributed by atoms with van der Waals surface area (Å²) < 4.78 is 7.88. The zero-order chi connectivity index (χ0) is 22.8. The molecule has 5 rings (SSSR count). The van der Waals surface area contributed by atoms with E-state index in [1.54, 1.807) is 0 Å². The maximum atomic E-state index is 13.8. The number of anilines is 1. The van der Waals surface area contributed by atoms with Crippen molar-refractivity contribution in [3.05, 3.63) is 113 Å². The van der Waals surface area contributed by atoms with Crippen LogP contribution in [-0.4, -0.2) is 22.1 Å². The number of amides is 2. The summed E-state index contributed by atoms with van der Waals surface area (Å²) >= 11 is 6.37. The van der Waals surface area contributed by atoms with E-state index in [0.29, 0.717) is 29.6 Å². The maximum Gasteiger partial charge on any atom is 0.323 e. The van der Waals surface area contributed by atoms with Crippen LogP contribution >= 0.6 is 11.6 Å². The molecule has 1 N–H and O–H groups in total. The number of rotatable bonds is 4. The van der Waals surface area contributed by atoms with E-state index in [4.69, 9.17) is 16.3 Å². The molecule has 5 nitrogen and oxygen atoms in total. The van der Waals surface area contributed by atoms with E-state index in [0.717, 1.165) is 22.5 Å². The minimum atomic E-state index is -0.328. The highest BCUT2D eigenvalue weighted by atomic mass is 35.5. The van der Waals surface area contributed by atoms with Crippen molar-refractivity contribution in [1.82, 2.24) is 9.47 Å². The molecular weight excluding hydrogens is 434 g/mol.